The number of para-hydroxylation sites is 1. The van der Waals surface area contributed by atoms with Gasteiger partial charge in [-0.2, -0.15) is 0 Å². The van der Waals surface area contributed by atoms with Crippen molar-refractivity contribution in [3.63, 3.8) is 0 Å². The Hall–Kier alpha value is -4.06. The van der Waals surface area contributed by atoms with Crippen LogP contribution in [-0.4, -0.2) is 55.6 Å². The number of nitro benzene ring substituents is 1. The van der Waals surface area contributed by atoms with Gasteiger partial charge in [0.25, 0.3) is 17.5 Å². The van der Waals surface area contributed by atoms with Crippen molar-refractivity contribution in [2.24, 2.45) is 0 Å². The highest BCUT2D eigenvalue weighted by molar-refractivity contribution is 7.86. The third kappa shape index (κ3) is 5.06. The van der Waals surface area contributed by atoms with Crippen LogP contribution in [-0.2, 0) is 36.5 Å². The predicted octanol–water partition coefficient (Wildman–Crippen LogP) is 1.41. The number of hydrogen-bond donors (Lipinski definition) is 1. The van der Waals surface area contributed by atoms with Crippen LogP contribution < -0.4 is 10.1 Å². The second kappa shape index (κ2) is 10.1. The van der Waals surface area contributed by atoms with Crippen LogP contribution in [0.1, 0.15) is 12.5 Å². The number of nitrogens with one attached hydrogen (secondary N) is 1. The molecule has 0 bridgehead atoms. The standard InChI is InChI=1S/C23H21N3O8S/c1-14-13-35(32)22-19(24-18(27)12-33-17-5-3-2-4-6-17)21(28)25(22)20(14)23(29)34-11-15-7-9-16(10-8-15)26(30)31/h2-10,19,22H,11-13H2,1H3,(H,24,27)/t19-,22-,35+/m1/s1. The highest BCUT2D eigenvalue weighted by Crippen LogP contribution is 2.35. The molecule has 0 aromatic heterocycles. The second-order valence-corrected chi connectivity index (χ2v) is 9.43. The van der Waals surface area contributed by atoms with Crippen molar-refractivity contribution in [1.29, 1.82) is 0 Å². The van der Waals surface area contributed by atoms with Crippen LogP contribution in [0.5, 0.6) is 5.75 Å². The minimum atomic E-state index is -1.53. The molecular formula is C23H21N3O8S. The van der Waals surface area contributed by atoms with Gasteiger partial charge in [-0.05, 0) is 42.3 Å². The zero-order valence-corrected chi connectivity index (χ0v) is 19.4. The maximum absolute atomic E-state index is 12.8. The average molecular weight is 500 g/mol. The van der Waals surface area contributed by atoms with Crippen molar-refractivity contribution in [1.82, 2.24) is 10.2 Å². The van der Waals surface area contributed by atoms with Crippen molar-refractivity contribution in [3.05, 3.63) is 81.5 Å². The van der Waals surface area contributed by atoms with Gasteiger partial charge in [-0.15, -0.1) is 0 Å². The smallest absolute Gasteiger partial charge is 0.355 e. The summed E-state index contributed by atoms with van der Waals surface area (Å²) < 4.78 is 23.4. The molecule has 0 spiro atoms. The number of hydrogen-bond acceptors (Lipinski definition) is 8. The number of ether oxygens (including phenoxy) is 2. The molecule has 11 nitrogen and oxygen atoms in total. The molecule has 1 fully saturated rings. The number of non-ortho nitro benzene ring substituents is 1. The Balaban J connectivity index is 1.38. The monoisotopic (exact) mass is 499 g/mol. The molecule has 2 amide bonds. The van der Waals surface area contributed by atoms with Gasteiger partial charge in [0.05, 0.1) is 15.7 Å². The number of esters is 1. The Morgan fingerprint density at radius 2 is 1.86 bits per heavy atom. The molecule has 2 aliphatic rings. The maximum atomic E-state index is 12.8. The van der Waals surface area contributed by atoms with Crippen LogP contribution >= 0.6 is 0 Å². The topological polar surface area (TPSA) is 145 Å². The van der Waals surface area contributed by atoms with E-state index >= 15 is 0 Å². The second-order valence-electron chi connectivity index (χ2n) is 7.90. The fourth-order valence-corrected chi connectivity index (χ4v) is 5.43. The number of fused-ring (bicyclic) bond motifs is 1. The van der Waals surface area contributed by atoms with Gasteiger partial charge in [0.2, 0.25) is 0 Å². The molecule has 12 heteroatoms. The first-order chi connectivity index (χ1) is 16.8. The summed E-state index contributed by atoms with van der Waals surface area (Å²) >= 11 is 0. The van der Waals surface area contributed by atoms with E-state index in [2.05, 4.69) is 5.32 Å². The van der Waals surface area contributed by atoms with E-state index in [1.807, 2.05) is 0 Å². The summed E-state index contributed by atoms with van der Waals surface area (Å²) in [5.41, 5.74) is 0.854. The molecule has 4 rings (SSSR count). The van der Waals surface area contributed by atoms with Crippen LogP contribution in [0.2, 0.25) is 0 Å². The summed E-state index contributed by atoms with van der Waals surface area (Å²) in [7, 11) is -1.53. The van der Waals surface area contributed by atoms with Crippen molar-refractivity contribution in [2.45, 2.75) is 24.9 Å². The SMILES string of the molecule is CC1=C(C(=O)OCc2ccc([N+](=O)[O-])cc2)N2C(=O)[C@@H](NC(=O)COc3ccccc3)[C@H]2[S@@](=O)C1. The van der Waals surface area contributed by atoms with Gasteiger partial charge in [0.15, 0.2) is 6.61 Å². The molecule has 2 aromatic rings. The summed E-state index contributed by atoms with van der Waals surface area (Å²) in [4.78, 5) is 49.3. The number of nitro groups is 1. The number of carbonyl (C=O) groups excluding carboxylic acids is 3. The molecule has 2 aromatic carbocycles. The Labute approximate surface area is 202 Å². The quantitative estimate of drug-likeness (QED) is 0.248. The molecule has 2 heterocycles. The fraction of sp³-hybridized carbons (Fsp3) is 0.261. The zero-order valence-electron chi connectivity index (χ0n) is 18.5. The predicted molar refractivity (Wildman–Crippen MR) is 123 cm³/mol. The van der Waals surface area contributed by atoms with Crippen LogP contribution in [0.15, 0.2) is 65.9 Å². The Kier molecular flexibility index (Phi) is 6.92. The number of β-lactam (4-membered cyclic amide) rings is 1. The molecule has 2 aliphatic heterocycles. The van der Waals surface area contributed by atoms with Gasteiger partial charge in [-0.3, -0.25) is 28.8 Å². The third-order valence-electron chi connectivity index (χ3n) is 5.46. The van der Waals surface area contributed by atoms with Crippen molar-refractivity contribution in [3.8, 4) is 5.75 Å². The first kappa shape index (κ1) is 24.1. The summed E-state index contributed by atoms with van der Waals surface area (Å²) in [6.45, 7) is 1.09. The normalized spacial score (nSPS) is 21.0. The van der Waals surface area contributed by atoms with Crippen LogP contribution in [0, 0.1) is 10.1 Å². The van der Waals surface area contributed by atoms with E-state index in [0.717, 1.165) is 4.90 Å². The summed E-state index contributed by atoms with van der Waals surface area (Å²) in [6, 6.07) is 13.1. The van der Waals surface area contributed by atoms with Gasteiger partial charge in [0, 0.05) is 17.9 Å². The van der Waals surface area contributed by atoms with Crippen molar-refractivity contribution >= 4 is 34.3 Å². The van der Waals surface area contributed by atoms with Gasteiger partial charge >= 0.3 is 5.97 Å². The fourth-order valence-electron chi connectivity index (χ4n) is 3.76. The minimum absolute atomic E-state index is 0.00690. The Morgan fingerprint density at radius 3 is 2.51 bits per heavy atom. The number of nitrogens with zero attached hydrogens (tertiary/aromatic N) is 2. The zero-order chi connectivity index (χ0) is 25.1. The van der Waals surface area contributed by atoms with Crippen LogP contribution in [0.3, 0.4) is 0 Å². The summed E-state index contributed by atoms with van der Waals surface area (Å²) in [5.74, 6) is -1.38. The number of rotatable bonds is 8. The lowest BCUT2D eigenvalue weighted by molar-refractivity contribution is -0.384. The molecular weight excluding hydrogens is 478 g/mol. The molecule has 3 atom stereocenters. The van der Waals surface area contributed by atoms with E-state index in [-0.39, 0.29) is 30.4 Å². The highest BCUT2D eigenvalue weighted by Gasteiger charge is 2.56. The first-order valence-electron chi connectivity index (χ1n) is 10.5. The summed E-state index contributed by atoms with van der Waals surface area (Å²) in [5, 5.41) is 12.4. The number of carbonyl (C=O) groups is 3. The summed E-state index contributed by atoms with van der Waals surface area (Å²) in [6.07, 6.45) is 0. The van der Waals surface area contributed by atoms with Gasteiger partial charge < -0.3 is 14.8 Å². The third-order valence-corrected chi connectivity index (χ3v) is 7.20. The molecule has 0 saturated carbocycles. The molecule has 0 unspecified atom stereocenters. The number of benzene rings is 2. The molecule has 1 N–H and O–H groups in total. The average Bonchev–Trinajstić information content (AvgIpc) is 2.85. The van der Waals surface area contributed by atoms with E-state index in [4.69, 9.17) is 9.47 Å². The molecule has 0 radical (unpaired) electrons. The van der Waals surface area contributed by atoms with Crippen LogP contribution in [0.4, 0.5) is 5.69 Å². The molecule has 0 aliphatic carbocycles. The lowest BCUT2D eigenvalue weighted by atomic mass is 10.0. The maximum Gasteiger partial charge on any atom is 0.355 e. The van der Waals surface area contributed by atoms with Crippen molar-refractivity contribution in [2.75, 3.05) is 12.4 Å². The lowest BCUT2D eigenvalue weighted by Gasteiger charge is -2.49. The van der Waals surface area contributed by atoms with E-state index in [0.29, 0.717) is 16.9 Å². The van der Waals surface area contributed by atoms with Crippen molar-refractivity contribution < 1.29 is 33.0 Å². The van der Waals surface area contributed by atoms with Gasteiger partial charge in [-0.1, -0.05) is 18.2 Å². The molecule has 1 saturated heterocycles. The molecule has 182 valence electrons. The molecule has 35 heavy (non-hydrogen) atoms. The van der Waals surface area contributed by atoms with E-state index in [9.17, 15) is 28.7 Å². The lowest BCUT2D eigenvalue weighted by Crippen LogP contribution is -2.73. The number of amides is 2. The van der Waals surface area contributed by atoms with E-state index in [1.54, 1.807) is 37.3 Å². The van der Waals surface area contributed by atoms with Gasteiger partial charge in [0.1, 0.15) is 29.5 Å². The van der Waals surface area contributed by atoms with Crippen LogP contribution in [0.25, 0.3) is 0 Å². The first-order valence-corrected chi connectivity index (χ1v) is 11.9. The van der Waals surface area contributed by atoms with E-state index < -0.39 is 44.9 Å². The highest BCUT2D eigenvalue weighted by atomic mass is 32.2. The Morgan fingerprint density at radius 1 is 1.17 bits per heavy atom. The Bertz CT molecular complexity index is 1230. The van der Waals surface area contributed by atoms with Gasteiger partial charge in [-0.25, -0.2) is 4.79 Å². The minimum Gasteiger partial charge on any atom is -0.484 e. The van der Waals surface area contributed by atoms with E-state index in [1.165, 1.54) is 24.3 Å². The largest absolute Gasteiger partial charge is 0.484 e.